The highest BCUT2D eigenvalue weighted by atomic mass is 16.7. The molecule has 0 bridgehead atoms. The summed E-state index contributed by atoms with van der Waals surface area (Å²) in [5.41, 5.74) is 0.792. The number of benzene rings is 1. The summed E-state index contributed by atoms with van der Waals surface area (Å²) in [6.07, 6.45) is -1.15. The van der Waals surface area contributed by atoms with Crippen LogP contribution < -0.4 is 10.6 Å². The van der Waals surface area contributed by atoms with Gasteiger partial charge in [0.05, 0.1) is 46.4 Å². The second kappa shape index (κ2) is 13.2. The lowest BCUT2D eigenvalue weighted by molar-refractivity contribution is -0.143. The van der Waals surface area contributed by atoms with Crippen molar-refractivity contribution >= 4 is 32.1 Å². The minimum absolute atomic E-state index is 0.0340. The molecule has 2 N–H and O–H groups in total. The van der Waals surface area contributed by atoms with Crippen LogP contribution in [0.2, 0.25) is 0 Å². The Morgan fingerprint density at radius 1 is 1.09 bits per heavy atom. The molecule has 1 atom stereocenters. The predicted octanol–water partition coefficient (Wildman–Crippen LogP) is -0.674. The number of methoxy groups -OCH3 is 1. The Hall–Kier alpha value is -2.64. The average Bonchev–Trinajstić information content (AvgIpc) is 3.74. The summed E-state index contributed by atoms with van der Waals surface area (Å²) in [6, 6.07) is 7.93. The number of esters is 1. The Morgan fingerprint density at radius 3 is 2.42 bits per heavy atom. The van der Waals surface area contributed by atoms with Crippen molar-refractivity contribution in [1.29, 1.82) is 0 Å². The molecule has 1 unspecified atom stereocenters. The molecule has 14 heteroatoms. The average molecular weight is 463 g/mol. The molecule has 2 heterocycles. The highest BCUT2D eigenvalue weighted by Gasteiger charge is 2.51. The molecule has 2 amide bonds. The van der Waals surface area contributed by atoms with Crippen LogP contribution in [0.4, 0.5) is 4.79 Å². The van der Waals surface area contributed by atoms with Crippen molar-refractivity contribution in [1.82, 2.24) is 15.5 Å². The highest BCUT2D eigenvalue weighted by Crippen LogP contribution is 2.19. The van der Waals surface area contributed by atoms with Crippen LogP contribution in [0.15, 0.2) is 30.3 Å². The van der Waals surface area contributed by atoms with E-state index in [-0.39, 0.29) is 40.3 Å². The standard InChI is InChI=1S/C19H27B2N3O9/c1-28-17(25)11-16(23-19(27)30-12-15-5-3-2-4-6-15)18(26)22-7-8-29-9-10-33-24(20-13-31-20)21-14-32-21/h2-6,16H,7-14H2,1H3,(H,22,26)(H,23,27). The van der Waals surface area contributed by atoms with E-state index in [1.807, 2.05) is 18.2 Å². The first-order valence-corrected chi connectivity index (χ1v) is 10.6. The van der Waals surface area contributed by atoms with Crippen molar-refractivity contribution in [3.63, 3.8) is 0 Å². The minimum atomic E-state index is -1.14. The zero-order valence-corrected chi connectivity index (χ0v) is 18.4. The summed E-state index contributed by atoms with van der Waals surface area (Å²) in [6.45, 7) is 2.29. The molecule has 2 aliphatic heterocycles. The zero-order chi connectivity index (χ0) is 23.5. The Balaban J connectivity index is 1.31. The number of carbonyl (C=O) groups excluding carboxylic acids is 3. The van der Waals surface area contributed by atoms with Gasteiger partial charge >= 0.3 is 26.2 Å². The molecular weight excluding hydrogens is 436 g/mol. The van der Waals surface area contributed by atoms with Gasteiger partial charge in [0.2, 0.25) is 5.91 Å². The zero-order valence-electron chi connectivity index (χ0n) is 18.4. The topological polar surface area (TPSA) is 140 Å². The molecule has 0 saturated carbocycles. The Morgan fingerprint density at radius 2 is 1.79 bits per heavy atom. The summed E-state index contributed by atoms with van der Waals surface area (Å²) in [5.74, 6) is -1.20. The summed E-state index contributed by atoms with van der Waals surface area (Å²) in [7, 11) is 1.08. The molecule has 1 aromatic rings. The number of rotatable bonds is 15. The fourth-order valence-corrected chi connectivity index (χ4v) is 2.77. The largest absolute Gasteiger partial charge is 0.469 e. The maximum atomic E-state index is 12.4. The molecule has 3 rings (SSSR count). The van der Waals surface area contributed by atoms with Crippen molar-refractivity contribution in [2.45, 2.75) is 19.1 Å². The van der Waals surface area contributed by atoms with Gasteiger partial charge in [-0.3, -0.25) is 9.59 Å². The Labute approximate surface area is 192 Å². The van der Waals surface area contributed by atoms with Gasteiger partial charge < -0.3 is 39.0 Å². The van der Waals surface area contributed by atoms with E-state index < -0.39 is 24.0 Å². The maximum Gasteiger partial charge on any atom is 0.422 e. The predicted molar refractivity (Wildman–Crippen MR) is 115 cm³/mol. The van der Waals surface area contributed by atoms with Gasteiger partial charge in [-0.1, -0.05) is 30.3 Å². The third-order valence-corrected chi connectivity index (χ3v) is 4.63. The van der Waals surface area contributed by atoms with E-state index in [9.17, 15) is 14.4 Å². The third kappa shape index (κ3) is 9.40. The van der Waals surface area contributed by atoms with Crippen LogP contribution in [0.25, 0.3) is 0 Å². The van der Waals surface area contributed by atoms with Gasteiger partial charge in [-0.2, -0.15) is 0 Å². The van der Waals surface area contributed by atoms with Gasteiger partial charge in [-0.25, -0.2) is 9.68 Å². The lowest BCUT2D eigenvalue weighted by atomic mass is 9.81. The maximum absolute atomic E-state index is 12.4. The quantitative estimate of drug-likeness (QED) is 0.113. The van der Waals surface area contributed by atoms with Gasteiger partial charge in [-0.15, -0.1) is 0 Å². The van der Waals surface area contributed by atoms with E-state index in [0.717, 1.165) is 5.56 Å². The van der Waals surface area contributed by atoms with E-state index in [1.54, 1.807) is 17.0 Å². The third-order valence-electron chi connectivity index (χ3n) is 4.63. The summed E-state index contributed by atoms with van der Waals surface area (Å²) in [4.78, 5) is 43.4. The molecule has 0 spiro atoms. The number of hydrogen-bond acceptors (Lipinski definition) is 10. The molecule has 2 saturated heterocycles. The summed E-state index contributed by atoms with van der Waals surface area (Å²) in [5, 5.41) is 5.01. The van der Waals surface area contributed by atoms with Crippen LogP contribution in [-0.4, -0.2) is 89.5 Å². The second-order valence-corrected chi connectivity index (χ2v) is 7.21. The van der Waals surface area contributed by atoms with E-state index in [0.29, 0.717) is 26.2 Å². The number of hydrogen-bond donors (Lipinski definition) is 2. The van der Waals surface area contributed by atoms with Crippen LogP contribution in [0.5, 0.6) is 0 Å². The molecule has 2 fully saturated rings. The summed E-state index contributed by atoms with van der Waals surface area (Å²) >= 11 is 0. The monoisotopic (exact) mass is 463 g/mol. The number of carbonyl (C=O) groups is 3. The molecule has 2 aliphatic rings. The number of ether oxygens (including phenoxy) is 3. The van der Waals surface area contributed by atoms with Crippen LogP contribution in [0.1, 0.15) is 12.0 Å². The second-order valence-electron chi connectivity index (χ2n) is 7.21. The van der Waals surface area contributed by atoms with E-state index >= 15 is 0 Å². The van der Waals surface area contributed by atoms with Gasteiger partial charge in [0.1, 0.15) is 12.6 Å². The van der Waals surface area contributed by atoms with E-state index in [4.69, 9.17) is 23.6 Å². The van der Waals surface area contributed by atoms with Gasteiger partial charge in [0, 0.05) is 6.54 Å². The van der Waals surface area contributed by atoms with Crippen molar-refractivity contribution in [3.8, 4) is 0 Å². The van der Waals surface area contributed by atoms with E-state index in [2.05, 4.69) is 15.4 Å². The van der Waals surface area contributed by atoms with Crippen molar-refractivity contribution in [2.75, 3.05) is 46.5 Å². The lowest BCUT2D eigenvalue weighted by Crippen LogP contribution is -2.48. The number of alkyl carbamates (subject to hydrolysis) is 1. The van der Waals surface area contributed by atoms with Gasteiger partial charge in [0.15, 0.2) is 0 Å². The molecule has 0 aliphatic carbocycles. The Kier molecular flexibility index (Phi) is 9.97. The molecule has 1 aromatic carbocycles. The first kappa shape index (κ1) is 25.0. The van der Waals surface area contributed by atoms with Crippen LogP contribution in [0.3, 0.4) is 0 Å². The molecule has 0 aromatic heterocycles. The fourth-order valence-electron chi connectivity index (χ4n) is 2.77. The van der Waals surface area contributed by atoms with Crippen molar-refractivity contribution in [3.05, 3.63) is 35.9 Å². The molecule has 33 heavy (non-hydrogen) atoms. The molecule has 178 valence electrons. The number of amides is 2. The van der Waals surface area contributed by atoms with E-state index in [1.165, 1.54) is 7.11 Å². The van der Waals surface area contributed by atoms with Gasteiger partial charge in [-0.05, 0) is 5.56 Å². The first-order chi connectivity index (χ1) is 16.1. The minimum Gasteiger partial charge on any atom is -0.469 e. The van der Waals surface area contributed by atoms with Crippen LogP contribution in [0, 0.1) is 0 Å². The molecule has 12 nitrogen and oxygen atoms in total. The Bertz CT molecular complexity index is 769. The van der Waals surface area contributed by atoms with Crippen molar-refractivity contribution < 1.29 is 42.7 Å². The first-order valence-electron chi connectivity index (χ1n) is 10.6. The van der Waals surface area contributed by atoms with Crippen LogP contribution in [-0.2, 0) is 44.6 Å². The van der Waals surface area contributed by atoms with Crippen LogP contribution >= 0.6 is 0 Å². The summed E-state index contributed by atoms with van der Waals surface area (Å²) < 4.78 is 25.5. The number of nitrogens with one attached hydrogen (secondary N) is 2. The molecule has 0 radical (unpaired) electrons. The lowest BCUT2D eigenvalue weighted by Gasteiger charge is -2.18. The SMILES string of the molecule is COC(=O)CC(NC(=O)OCc1ccccc1)C(=O)NCCOCCON(B1CO1)B1CO1. The molecular formula is C19H27B2N3O9. The number of nitrogens with zero attached hydrogens (tertiary/aromatic N) is 1. The fraction of sp³-hybridized carbons (Fsp3) is 0.526. The van der Waals surface area contributed by atoms with Crippen molar-refractivity contribution in [2.24, 2.45) is 0 Å². The highest BCUT2D eigenvalue weighted by molar-refractivity contribution is 6.73. The smallest absolute Gasteiger partial charge is 0.422 e. The normalized spacial score (nSPS) is 15.1. The van der Waals surface area contributed by atoms with Gasteiger partial charge in [0.25, 0.3) is 0 Å².